The average molecular weight is 336 g/mol. The largest absolute Gasteiger partial charge is 0.287 e. The zero-order chi connectivity index (χ0) is 15.9. The van der Waals surface area contributed by atoms with Gasteiger partial charge in [-0.25, -0.2) is 0 Å². The quantitative estimate of drug-likeness (QED) is 0.482. The summed E-state index contributed by atoms with van der Waals surface area (Å²) in [4.78, 5) is 30.9. The molecule has 1 aromatic carbocycles. The molecule has 0 bridgehead atoms. The third-order valence-corrected chi connectivity index (χ3v) is 3.93. The number of allylic oxidation sites excluding steroid dienone is 2. The molecule has 0 saturated heterocycles. The number of dihydropyridines is 1. The first-order chi connectivity index (χ1) is 10.5. The molecule has 2 aliphatic heterocycles. The number of carbonyl (C=O) groups is 1. The van der Waals surface area contributed by atoms with E-state index in [-0.39, 0.29) is 33.6 Å². The van der Waals surface area contributed by atoms with Crippen molar-refractivity contribution in [2.24, 2.45) is 9.98 Å². The van der Waals surface area contributed by atoms with Crippen LogP contribution in [0.2, 0.25) is 5.02 Å². The topological polar surface area (TPSA) is 84.9 Å². The molecular formula is C14H7Cl2N3O3. The van der Waals surface area contributed by atoms with Crippen LogP contribution in [0.4, 0.5) is 5.69 Å². The highest BCUT2D eigenvalue weighted by Gasteiger charge is 2.28. The van der Waals surface area contributed by atoms with Crippen LogP contribution in [-0.4, -0.2) is 28.7 Å². The minimum absolute atomic E-state index is 0.0159. The Balaban J connectivity index is 1.99. The molecule has 0 aliphatic carbocycles. The highest BCUT2D eigenvalue weighted by Crippen LogP contribution is 2.28. The first-order valence-electron chi connectivity index (χ1n) is 6.16. The summed E-state index contributed by atoms with van der Waals surface area (Å²) in [5, 5.41) is 10.9. The molecule has 0 N–H and O–H groups in total. The highest BCUT2D eigenvalue weighted by molar-refractivity contribution is 6.65. The molecule has 1 aromatic rings. The van der Waals surface area contributed by atoms with Gasteiger partial charge in [0.05, 0.1) is 27.2 Å². The van der Waals surface area contributed by atoms with Gasteiger partial charge in [0.2, 0.25) is 5.78 Å². The van der Waals surface area contributed by atoms with Crippen molar-refractivity contribution in [2.45, 2.75) is 0 Å². The Morgan fingerprint density at radius 1 is 1.32 bits per heavy atom. The Morgan fingerprint density at radius 2 is 2.09 bits per heavy atom. The van der Waals surface area contributed by atoms with E-state index in [9.17, 15) is 14.9 Å². The number of Topliss-reactive ketones (excluding diaryl/α,β-unsaturated/α-hetero) is 1. The maximum atomic E-state index is 12.5. The van der Waals surface area contributed by atoms with Gasteiger partial charge in [0.1, 0.15) is 5.71 Å². The molecule has 3 rings (SSSR count). The number of nitrogens with zero attached hydrogens (tertiary/aromatic N) is 3. The number of benzene rings is 1. The SMILES string of the molecule is O=C(C1=NCC2=NC=CC2=C1Cl)c1ccc([N+](=O)[O-])cc1Cl. The maximum Gasteiger partial charge on any atom is 0.270 e. The molecule has 0 radical (unpaired) electrons. The second kappa shape index (κ2) is 5.47. The van der Waals surface area contributed by atoms with Gasteiger partial charge in [-0.3, -0.25) is 24.9 Å². The summed E-state index contributed by atoms with van der Waals surface area (Å²) in [6, 6.07) is 3.64. The van der Waals surface area contributed by atoms with E-state index in [0.717, 1.165) is 6.07 Å². The molecule has 22 heavy (non-hydrogen) atoms. The Bertz CT molecular complexity index is 838. The standard InChI is InChI=1S/C14H7Cl2N3O3/c15-10-5-7(19(21)22)1-2-8(10)14(20)13-12(16)9-3-4-17-11(9)6-18-13/h1-5H,6H2. The van der Waals surface area contributed by atoms with Crippen molar-refractivity contribution in [2.75, 3.05) is 6.54 Å². The number of fused-ring (bicyclic) bond motifs is 1. The Morgan fingerprint density at radius 3 is 2.77 bits per heavy atom. The maximum absolute atomic E-state index is 12.5. The van der Waals surface area contributed by atoms with Crippen LogP contribution in [0.3, 0.4) is 0 Å². The van der Waals surface area contributed by atoms with E-state index in [2.05, 4.69) is 9.98 Å². The number of hydrogen-bond acceptors (Lipinski definition) is 5. The van der Waals surface area contributed by atoms with E-state index in [4.69, 9.17) is 23.2 Å². The monoisotopic (exact) mass is 335 g/mol. The van der Waals surface area contributed by atoms with Crippen LogP contribution in [0, 0.1) is 10.1 Å². The van der Waals surface area contributed by atoms with Crippen molar-refractivity contribution in [1.82, 2.24) is 0 Å². The second-order valence-corrected chi connectivity index (χ2v) is 5.32. The van der Waals surface area contributed by atoms with Gasteiger partial charge in [-0.05, 0) is 12.1 Å². The highest BCUT2D eigenvalue weighted by atomic mass is 35.5. The van der Waals surface area contributed by atoms with Crippen molar-refractivity contribution < 1.29 is 9.72 Å². The van der Waals surface area contributed by atoms with Gasteiger partial charge < -0.3 is 0 Å². The number of halogens is 2. The number of carbonyl (C=O) groups excluding carboxylic acids is 1. The van der Waals surface area contributed by atoms with Gasteiger partial charge >= 0.3 is 0 Å². The average Bonchev–Trinajstić information content (AvgIpc) is 2.96. The van der Waals surface area contributed by atoms with Gasteiger partial charge in [0.15, 0.2) is 0 Å². The van der Waals surface area contributed by atoms with Crippen molar-refractivity contribution in [3.8, 4) is 0 Å². The fourth-order valence-corrected chi connectivity index (χ4v) is 2.72. The Kier molecular flexibility index (Phi) is 3.64. The number of ketones is 1. The van der Waals surface area contributed by atoms with Gasteiger partial charge in [0, 0.05) is 29.5 Å². The Hall–Kier alpha value is -2.31. The summed E-state index contributed by atoms with van der Waals surface area (Å²) in [6.45, 7) is 0.254. The van der Waals surface area contributed by atoms with Crippen LogP contribution in [0.15, 0.2) is 51.1 Å². The molecule has 0 spiro atoms. The fourth-order valence-electron chi connectivity index (χ4n) is 2.15. The van der Waals surface area contributed by atoms with Crippen LogP contribution < -0.4 is 0 Å². The third-order valence-electron chi connectivity index (χ3n) is 3.24. The molecule has 6 nitrogen and oxygen atoms in total. The first kappa shape index (κ1) is 14.6. The summed E-state index contributed by atoms with van der Waals surface area (Å²) in [6.07, 6.45) is 3.30. The molecule has 0 amide bonds. The molecule has 8 heteroatoms. The van der Waals surface area contributed by atoms with E-state index in [0.29, 0.717) is 11.3 Å². The van der Waals surface area contributed by atoms with E-state index in [1.54, 1.807) is 12.3 Å². The minimum atomic E-state index is -0.584. The first-order valence-corrected chi connectivity index (χ1v) is 6.91. The lowest BCUT2D eigenvalue weighted by molar-refractivity contribution is -0.384. The lowest BCUT2D eigenvalue weighted by Crippen LogP contribution is -2.23. The molecule has 0 atom stereocenters. The number of nitro groups is 1. The Labute approximate surface area is 134 Å². The van der Waals surface area contributed by atoms with Crippen LogP contribution in [0.1, 0.15) is 10.4 Å². The fraction of sp³-hybridized carbons (Fsp3) is 0.0714. The normalized spacial score (nSPS) is 16.3. The predicted molar refractivity (Wildman–Crippen MR) is 84.2 cm³/mol. The predicted octanol–water partition coefficient (Wildman–Crippen LogP) is 3.35. The zero-order valence-electron chi connectivity index (χ0n) is 10.9. The van der Waals surface area contributed by atoms with Crippen molar-refractivity contribution >= 4 is 46.1 Å². The molecule has 0 saturated carbocycles. The summed E-state index contributed by atoms with van der Waals surface area (Å²) in [7, 11) is 0. The van der Waals surface area contributed by atoms with Gasteiger partial charge in [0.25, 0.3) is 5.69 Å². The van der Waals surface area contributed by atoms with Crippen molar-refractivity contribution in [1.29, 1.82) is 0 Å². The van der Waals surface area contributed by atoms with Gasteiger partial charge in [-0.2, -0.15) is 0 Å². The molecular weight excluding hydrogens is 329 g/mol. The molecule has 2 aliphatic rings. The molecule has 0 aromatic heterocycles. The van der Waals surface area contributed by atoms with E-state index < -0.39 is 10.7 Å². The van der Waals surface area contributed by atoms with E-state index in [1.165, 1.54) is 12.1 Å². The van der Waals surface area contributed by atoms with Crippen LogP contribution >= 0.6 is 23.2 Å². The third kappa shape index (κ3) is 2.36. The zero-order valence-corrected chi connectivity index (χ0v) is 12.4. The van der Waals surface area contributed by atoms with Gasteiger partial charge in [-0.1, -0.05) is 23.2 Å². The number of hydrogen-bond donors (Lipinski definition) is 0. The van der Waals surface area contributed by atoms with Gasteiger partial charge in [-0.15, -0.1) is 0 Å². The number of non-ortho nitro benzene ring substituents is 1. The second-order valence-electron chi connectivity index (χ2n) is 4.53. The van der Waals surface area contributed by atoms with Crippen LogP contribution in [0.25, 0.3) is 0 Å². The van der Waals surface area contributed by atoms with Crippen LogP contribution in [0.5, 0.6) is 0 Å². The van der Waals surface area contributed by atoms with Crippen LogP contribution in [-0.2, 0) is 0 Å². The lowest BCUT2D eigenvalue weighted by Gasteiger charge is -2.14. The minimum Gasteiger partial charge on any atom is -0.287 e. The number of aliphatic imine (C=N–C) groups is 2. The molecule has 2 heterocycles. The molecule has 0 unspecified atom stereocenters. The number of nitro benzene ring substituents is 1. The summed E-state index contributed by atoms with van der Waals surface area (Å²) < 4.78 is 0. The van der Waals surface area contributed by atoms with E-state index in [1.807, 2.05) is 0 Å². The lowest BCUT2D eigenvalue weighted by atomic mass is 10.00. The molecule has 110 valence electrons. The van der Waals surface area contributed by atoms with E-state index >= 15 is 0 Å². The van der Waals surface area contributed by atoms with Crippen molar-refractivity contribution in [3.05, 3.63) is 61.8 Å². The molecule has 0 fully saturated rings. The summed E-state index contributed by atoms with van der Waals surface area (Å²) >= 11 is 12.2. The summed E-state index contributed by atoms with van der Waals surface area (Å²) in [5.41, 5.74) is 1.38. The summed E-state index contributed by atoms with van der Waals surface area (Å²) in [5.74, 6) is -0.475. The van der Waals surface area contributed by atoms with Crippen molar-refractivity contribution in [3.63, 3.8) is 0 Å². The number of rotatable bonds is 3. The smallest absolute Gasteiger partial charge is 0.270 e.